The minimum absolute atomic E-state index is 0.898. The van der Waals surface area contributed by atoms with Crippen molar-refractivity contribution in [2.24, 2.45) is 0 Å². The third-order valence-corrected chi connectivity index (χ3v) is 1.61. The van der Waals surface area contributed by atoms with Gasteiger partial charge in [0, 0.05) is 13.1 Å². The Kier molecular flexibility index (Phi) is 3.30. The summed E-state index contributed by atoms with van der Waals surface area (Å²) in [6, 6.07) is 0. The molecule has 0 amide bonds. The largest absolute Gasteiger partial charge is 0.288 e. The molecule has 0 aromatic carbocycles. The van der Waals surface area contributed by atoms with Gasteiger partial charge in [0.25, 0.3) is 12.4 Å². The summed E-state index contributed by atoms with van der Waals surface area (Å²) < 4.78 is 4.06. The Hall–Kier alpha value is -0.500. The van der Waals surface area contributed by atoms with E-state index >= 15 is 0 Å². The molecule has 10 heavy (non-hydrogen) atoms. The van der Waals surface area contributed by atoms with Crippen LogP contribution >= 0.6 is 12.2 Å². The first-order chi connectivity index (χ1) is 4.93. The Bertz CT molecular complexity index is 170. The molecule has 0 aromatic rings. The monoisotopic (exact) mass is 155 g/mol. The molecule has 0 saturated carbocycles. The molecule has 54 valence electrons. The summed E-state index contributed by atoms with van der Waals surface area (Å²) >= 11 is 4.76. The summed E-state index contributed by atoms with van der Waals surface area (Å²) in [4.78, 5) is 2.26. The van der Waals surface area contributed by atoms with Crippen molar-refractivity contribution in [3.8, 4) is 0 Å². The lowest BCUT2D eigenvalue weighted by molar-refractivity contribution is 0.375. The van der Waals surface area contributed by atoms with Crippen LogP contribution in [0.25, 0.3) is 0 Å². The van der Waals surface area contributed by atoms with E-state index in [-0.39, 0.29) is 0 Å². The molecule has 3 heteroatoms. The fraction of sp³-hybridized carbons (Fsp3) is 0.571. The molecule has 1 rings (SSSR count). The molecule has 0 aliphatic carbocycles. The van der Waals surface area contributed by atoms with Gasteiger partial charge in [0.05, 0.1) is 13.0 Å². The topological polar surface area (TPSA) is 17.3 Å². The molecule has 1 aliphatic heterocycles. The Morgan fingerprint density at radius 3 is 3.30 bits per heavy atom. The third-order valence-electron chi connectivity index (χ3n) is 1.46. The molecular formula is C7H11N2S+. The fourth-order valence-electron chi connectivity index (χ4n) is 0.915. The quantitative estimate of drug-likeness (QED) is 0.409. The Labute approximate surface area is 66.3 Å². The first-order valence-electron chi connectivity index (χ1n) is 3.43. The van der Waals surface area contributed by atoms with Gasteiger partial charge in [-0.05, 0) is 5.37 Å². The molecule has 2 nitrogen and oxygen atoms in total. The number of rotatable bonds is 2. The zero-order valence-electron chi connectivity index (χ0n) is 5.86. The Morgan fingerprint density at radius 1 is 1.60 bits per heavy atom. The van der Waals surface area contributed by atoms with E-state index in [0.29, 0.717) is 0 Å². The molecule has 0 bridgehead atoms. The van der Waals surface area contributed by atoms with Crippen LogP contribution in [0.15, 0.2) is 0 Å². The standard InChI is InChI=1S/C7H11N2S/c10-7-6-9-4-1-2-8-3-5-9/h2-3,7H,1,4-6H2/q+1. The Balaban J connectivity index is 2.35. The van der Waals surface area contributed by atoms with Crippen molar-refractivity contribution < 1.29 is 0 Å². The number of hydrogen-bond donors (Lipinski definition) is 0. The second-order valence-corrected chi connectivity index (χ2v) is 2.56. The zero-order chi connectivity index (χ0) is 7.23. The van der Waals surface area contributed by atoms with Crippen LogP contribution in [-0.2, 0) is 0 Å². The summed E-state index contributed by atoms with van der Waals surface area (Å²) in [6.45, 7) is 2.91. The van der Waals surface area contributed by atoms with E-state index in [2.05, 4.69) is 9.57 Å². The molecule has 0 spiro atoms. The number of hydrogen-bond acceptors (Lipinski definition) is 2. The van der Waals surface area contributed by atoms with Gasteiger partial charge in [-0.1, -0.05) is 12.2 Å². The number of thiocarbonyl (C=S) groups is 1. The van der Waals surface area contributed by atoms with Crippen LogP contribution in [0.3, 0.4) is 0 Å². The molecule has 0 N–H and O–H groups in total. The average molecular weight is 155 g/mol. The van der Waals surface area contributed by atoms with Gasteiger partial charge in [0.2, 0.25) is 0 Å². The lowest BCUT2D eigenvalue weighted by atomic mass is 10.4. The highest BCUT2D eigenvalue weighted by atomic mass is 32.1. The highest BCUT2D eigenvalue weighted by Gasteiger charge is 2.05. The highest BCUT2D eigenvalue weighted by Crippen LogP contribution is 1.87. The van der Waals surface area contributed by atoms with E-state index in [1.54, 1.807) is 5.37 Å². The van der Waals surface area contributed by atoms with Crippen LogP contribution < -0.4 is 4.67 Å². The normalized spacial score (nSPS) is 18.8. The smallest absolute Gasteiger partial charge is 0.282 e. The van der Waals surface area contributed by atoms with Crippen LogP contribution in [0.5, 0.6) is 0 Å². The summed E-state index contributed by atoms with van der Waals surface area (Å²) in [6.07, 6.45) is 4.91. The van der Waals surface area contributed by atoms with E-state index in [4.69, 9.17) is 12.2 Å². The third kappa shape index (κ3) is 2.40. The molecule has 0 aromatic heterocycles. The van der Waals surface area contributed by atoms with E-state index in [1.807, 2.05) is 12.4 Å². The van der Waals surface area contributed by atoms with Gasteiger partial charge in [0.1, 0.15) is 0 Å². The second-order valence-electron chi connectivity index (χ2n) is 2.23. The minimum Gasteiger partial charge on any atom is -0.288 e. The van der Waals surface area contributed by atoms with Crippen LogP contribution in [-0.4, -0.2) is 42.3 Å². The summed E-state index contributed by atoms with van der Waals surface area (Å²) in [5, 5.41) is 1.76. The summed E-state index contributed by atoms with van der Waals surface area (Å²) in [5.41, 5.74) is 0. The van der Waals surface area contributed by atoms with E-state index in [1.165, 1.54) is 0 Å². The van der Waals surface area contributed by atoms with Gasteiger partial charge in [0.15, 0.2) is 0 Å². The van der Waals surface area contributed by atoms with Gasteiger partial charge in [-0.25, -0.2) is 0 Å². The van der Waals surface area contributed by atoms with Crippen molar-refractivity contribution in [1.29, 1.82) is 0 Å². The lowest BCUT2D eigenvalue weighted by Crippen LogP contribution is -2.27. The van der Waals surface area contributed by atoms with Crippen molar-refractivity contribution in [3.63, 3.8) is 0 Å². The highest BCUT2D eigenvalue weighted by molar-refractivity contribution is 7.79. The van der Waals surface area contributed by atoms with Gasteiger partial charge in [-0.3, -0.25) is 4.90 Å². The van der Waals surface area contributed by atoms with E-state index in [0.717, 1.165) is 26.1 Å². The van der Waals surface area contributed by atoms with Crippen LogP contribution in [0.1, 0.15) is 6.42 Å². The van der Waals surface area contributed by atoms with E-state index in [9.17, 15) is 0 Å². The van der Waals surface area contributed by atoms with Crippen molar-refractivity contribution in [3.05, 3.63) is 0 Å². The molecule has 0 unspecified atom stereocenters. The average Bonchev–Trinajstić information content (AvgIpc) is 2.17. The maximum absolute atomic E-state index is 4.76. The minimum atomic E-state index is 0.898. The predicted octanol–water partition coefficient (Wildman–Crippen LogP) is -0.0994. The summed E-state index contributed by atoms with van der Waals surface area (Å²) in [7, 11) is 0. The van der Waals surface area contributed by atoms with Crippen LogP contribution in [0.4, 0.5) is 0 Å². The van der Waals surface area contributed by atoms with Gasteiger partial charge >= 0.3 is 0 Å². The molecule has 1 heterocycles. The lowest BCUT2D eigenvalue weighted by Gasteiger charge is -2.11. The number of nitrogens with zero attached hydrogens (tertiary/aromatic N) is 2. The first kappa shape index (κ1) is 7.61. The summed E-state index contributed by atoms with van der Waals surface area (Å²) in [5.74, 6) is 0. The molecular weight excluding hydrogens is 144 g/mol. The van der Waals surface area contributed by atoms with E-state index < -0.39 is 0 Å². The molecule has 0 saturated heterocycles. The SMILES string of the molecule is S=CCN1CC=[N+]=CCC1. The van der Waals surface area contributed by atoms with Gasteiger partial charge in [-0.15, -0.1) is 4.67 Å². The Morgan fingerprint density at radius 2 is 2.50 bits per heavy atom. The molecule has 0 atom stereocenters. The maximum atomic E-state index is 4.76. The second kappa shape index (κ2) is 4.34. The predicted molar refractivity (Wildman–Crippen MR) is 49.0 cm³/mol. The van der Waals surface area contributed by atoms with Crippen molar-refractivity contribution >= 4 is 30.0 Å². The van der Waals surface area contributed by atoms with Crippen LogP contribution in [0.2, 0.25) is 0 Å². The zero-order valence-corrected chi connectivity index (χ0v) is 6.68. The van der Waals surface area contributed by atoms with Crippen LogP contribution in [0, 0.1) is 0 Å². The first-order valence-corrected chi connectivity index (χ1v) is 3.90. The van der Waals surface area contributed by atoms with Gasteiger partial charge in [-0.2, -0.15) is 0 Å². The van der Waals surface area contributed by atoms with Crippen molar-refractivity contribution in [2.75, 3.05) is 19.6 Å². The van der Waals surface area contributed by atoms with Gasteiger partial charge < -0.3 is 0 Å². The molecule has 0 radical (unpaired) electrons. The molecule has 1 aliphatic rings. The fourth-order valence-corrected chi connectivity index (χ4v) is 1.13. The van der Waals surface area contributed by atoms with Crippen molar-refractivity contribution in [2.45, 2.75) is 6.42 Å². The van der Waals surface area contributed by atoms with Crippen molar-refractivity contribution in [1.82, 2.24) is 9.57 Å². The maximum Gasteiger partial charge on any atom is 0.282 e. The molecule has 0 fully saturated rings.